The molecule has 9 nitrogen and oxygen atoms in total. The van der Waals surface area contributed by atoms with Crippen LogP contribution in [0.2, 0.25) is 0 Å². The van der Waals surface area contributed by atoms with Crippen LogP contribution in [0.1, 0.15) is 31.8 Å². The average molecular weight is 499 g/mol. The van der Waals surface area contributed by atoms with Crippen LogP contribution in [0.25, 0.3) is 11.3 Å². The number of hydrogen-bond acceptors (Lipinski definition) is 6. The molecule has 0 aliphatic carbocycles. The summed E-state index contributed by atoms with van der Waals surface area (Å²) in [6.07, 6.45) is 0. The summed E-state index contributed by atoms with van der Waals surface area (Å²) in [5, 5.41) is 16.9. The number of amides is 2. The number of carbonyl (C=O) groups is 3. The number of hydroxylamine groups is 2. The van der Waals surface area contributed by atoms with Gasteiger partial charge in [-0.3, -0.25) is 14.4 Å². The Morgan fingerprint density at radius 3 is 2.38 bits per heavy atom. The van der Waals surface area contributed by atoms with Crippen LogP contribution in [0, 0.1) is 0 Å². The third-order valence-electron chi connectivity index (χ3n) is 6.36. The fourth-order valence-electron chi connectivity index (χ4n) is 4.33. The van der Waals surface area contributed by atoms with Gasteiger partial charge in [0.05, 0.1) is 35.7 Å². The van der Waals surface area contributed by atoms with Crippen LogP contribution >= 0.6 is 0 Å². The number of rotatable bonds is 5. The number of carboxylic acid groups (broad SMARTS) is 1. The lowest BCUT2D eigenvalue weighted by molar-refractivity contribution is -0.112. The van der Waals surface area contributed by atoms with E-state index in [1.54, 1.807) is 30.3 Å². The Hall–Kier alpha value is -4.47. The highest BCUT2D eigenvalue weighted by Gasteiger charge is 2.29. The monoisotopic (exact) mass is 498 g/mol. The molecular formula is C28H26N4O5. The molecule has 3 aromatic carbocycles. The van der Waals surface area contributed by atoms with Crippen molar-refractivity contribution >= 4 is 40.4 Å². The Morgan fingerprint density at radius 2 is 1.65 bits per heavy atom. The van der Waals surface area contributed by atoms with E-state index < -0.39 is 5.97 Å². The fraction of sp³-hybridized carbons (Fsp3) is 0.179. The number of aromatic carboxylic acids is 1. The smallest absolute Gasteiger partial charge is 0.335 e. The normalized spacial score (nSPS) is 17.0. The summed E-state index contributed by atoms with van der Waals surface area (Å²) in [5.41, 5.74) is 4.07. The standard InChI is InChI=1S/C28H26N4O5/c1-31-13-14-32(37-16-15-31)27(34)19-7-10-21(11-8-19)29-25(18-5-3-2-4-6-18)24-22-12-9-20(28(35)36)17-23(22)30-26(24)33/h2-12,17,29H,13-16H2,1H3,(H,30,33)(H,35,36). The Kier molecular flexibility index (Phi) is 6.72. The van der Waals surface area contributed by atoms with E-state index in [0.717, 1.165) is 18.7 Å². The van der Waals surface area contributed by atoms with Crippen LogP contribution in [0.5, 0.6) is 0 Å². The maximum absolute atomic E-state index is 13.1. The van der Waals surface area contributed by atoms with Gasteiger partial charge in [0, 0.05) is 29.9 Å². The van der Waals surface area contributed by atoms with Gasteiger partial charge >= 0.3 is 5.97 Å². The van der Waals surface area contributed by atoms with Crippen molar-refractivity contribution in [1.29, 1.82) is 0 Å². The molecule has 0 unspecified atom stereocenters. The average Bonchev–Trinajstić information content (AvgIpc) is 3.07. The first-order valence-electron chi connectivity index (χ1n) is 11.9. The summed E-state index contributed by atoms with van der Waals surface area (Å²) in [7, 11) is 1.99. The van der Waals surface area contributed by atoms with Gasteiger partial charge in [0.2, 0.25) is 0 Å². The number of fused-ring (bicyclic) bond motifs is 1. The highest BCUT2D eigenvalue weighted by Crippen LogP contribution is 2.38. The van der Waals surface area contributed by atoms with Gasteiger partial charge in [0.15, 0.2) is 0 Å². The number of nitrogens with zero attached hydrogens (tertiary/aromatic N) is 2. The van der Waals surface area contributed by atoms with Gasteiger partial charge in [-0.15, -0.1) is 0 Å². The van der Waals surface area contributed by atoms with Crippen molar-refractivity contribution in [3.8, 4) is 0 Å². The SMILES string of the molecule is CN1CCON(C(=O)c2ccc(NC(=C3C(=O)Nc4cc(C(=O)O)ccc43)c3ccccc3)cc2)CC1. The molecule has 0 spiro atoms. The molecule has 3 N–H and O–H groups in total. The van der Waals surface area contributed by atoms with Crippen LogP contribution in [-0.4, -0.2) is 66.1 Å². The van der Waals surface area contributed by atoms with Crippen molar-refractivity contribution in [1.82, 2.24) is 9.96 Å². The molecule has 0 atom stereocenters. The lowest BCUT2D eigenvalue weighted by Crippen LogP contribution is -2.33. The van der Waals surface area contributed by atoms with Gasteiger partial charge in [-0.05, 0) is 49.0 Å². The van der Waals surface area contributed by atoms with Gasteiger partial charge < -0.3 is 20.6 Å². The zero-order chi connectivity index (χ0) is 25.9. The Bertz CT molecular complexity index is 1390. The van der Waals surface area contributed by atoms with Gasteiger partial charge in [-0.2, -0.15) is 0 Å². The molecule has 2 amide bonds. The molecule has 37 heavy (non-hydrogen) atoms. The van der Waals surface area contributed by atoms with Crippen molar-refractivity contribution in [3.63, 3.8) is 0 Å². The number of anilines is 2. The molecule has 0 aromatic heterocycles. The van der Waals surface area contributed by atoms with Crippen molar-refractivity contribution in [3.05, 3.63) is 95.1 Å². The molecule has 0 radical (unpaired) electrons. The van der Waals surface area contributed by atoms with Crippen LogP contribution in [0.15, 0.2) is 72.8 Å². The minimum Gasteiger partial charge on any atom is -0.478 e. The maximum Gasteiger partial charge on any atom is 0.335 e. The second-order valence-corrected chi connectivity index (χ2v) is 8.88. The molecule has 3 aromatic rings. The highest BCUT2D eigenvalue weighted by atomic mass is 16.7. The minimum absolute atomic E-state index is 0.0924. The van der Waals surface area contributed by atoms with E-state index in [4.69, 9.17) is 4.84 Å². The largest absolute Gasteiger partial charge is 0.478 e. The molecule has 188 valence electrons. The molecule has 5 rings (SSSR count). The summed E-state index contributed by atoms with van der Waals surface area (Å²) >= 11 is 0. The predicted molar refractivity (Wildman–Crippen MR) is 140 cm³/mol. The first-order valence-corrected chi connectivity index (χ1v) is 11.9. The number of carbonyl (C=O) groups excluding carboxylic acids is 2. The predicted octanol–water partition coefficient (Wildman–Crippen LogP) is 3.64. The highest BCUT2D eigenvalue weighted by molar-refractivity contribution is 6.37. The fourth-order valence-corrected chi connectivity index (χ4v) is 4.33. The molecule has 2 heterocycles. The van der Waals surface area contributed by atoms with Crippen molar-refractivity contribution in [2.24, 2.45) is 0 Å². The number of carboxylic acids is 1. The second kappa shape index (κ2) is 10.3. The molecular weight excluding hydrogens is 472 g/mol. The first-order chi connectivity index (χ1) is 17.9. The molecule has 0 saturated carbocycles. The molecule has 2 aliphatic heterocycles. The van der Waals surface area contributed by atoms with Crippen LogP contribution in [-0.2, 0) is 9.63 Å². The number of nitrogens with one attached hydrogen (secondary N) is 2. The van der Waals surface area contributed by atoms with Crippen molar-refractivity contribution in [2.75, 3.05) is 43.9 Å². The molecule has 1 saturated heterocycles. The van der Waals surface area contributed by atoms with Gasteiger partial charge in [-0.25, -0.2) is 9.86 Å². The van der Waals surface area contributed by atoms with Crippen molar-refractivity contribution < 1.29 is 24.3 Å². The quantitative estimate of drug-likeness (QED) is 0.461. The van der Waals surface area contributed by atoms with E-state index in [1.165, 1.54) is 17.2 Å². The van der Waals surface area contributed by atoms with Crippen LogP contribution in [0.4, 0.5) is 11.4 Å². The topological polar surface area (TPSA) is 111 Å². The van der Waals surface area contributed by atoms with E-state index in [0.29, 0.717) is 46.9 Å². The Balaban J connectivity index is 1.46. The lowest BCUT2D eigenvalue weighted by Gasteiger charge is -2.19. The zero-order valence-electron chi connectivity index (χ0n) is 20.2. The van der Waals surface area contributed by atoms with Crippen molar-refractivity contribution in [2.45, 2.75) is 0 Å². The second-order valence-electron chi connectivity index (χ2n) is 8.88. The van der Waals surface area contributed by atoms with Gasteiger partial charge in [0.25, 0.3) is 11.8 Å². The van der Waals surface area contributed by atoms with Gasteiger partial charge in [0.1, 0.15) is 0 Å². The Morgan fingerprint density at radius 1 is 0.919 bits per heavy atom. The molecule has 1 fully saturated rings. The summed E-state index contributed by atoms with van der Waals surface area (Å²) in [6.45, 7) is 2.43. The van der Waals surface area contributed by atoms with Crippen LogP contribution < -0.4 is 10.6 Å². The minimum atomic E-state index is -1.07. The van der Waals surface area contributed by atoms with Gasteiger partial charge in [-0.1, -0.05) is 36.4 Å². The van der Waals surface area contributed by atoms with E-state index in [2.05, 4.69) is 15.5 Å². The van der Waals surface area contributed by atoms with E-state index >= 15 is 0 Å². The first kappa shape index (κ1) is 24.2. The summed E-state index contributed by atoms with van der Waals surface area (Å²) in [4.78, 5) is 45.1. The molecule has 2 aliphatic rings. The number of benzene rings is 3. The summed E-state index contributed by atoms with van der Waals surface area (Å²) in [6, 6.07) is 21.0. The summed E-state index contributed by atoms with van der Waals surface area (Å²) < 4.78 is 0. The summed E-state index contributed by atoms with van der Waals surface area (Å²) in [5.74, 6) is -1.61. The third kappa shape index (κ3) is 5.09. The number of likely N-dealkylation sites (N-methyl/N-ethyl adjacent to an activating group) is 1. The molecule has 0 bridgehead atoms. The molecule has 9 heteroatoms. The third-order valence-corrected chi connectivity index (χ3v) is 6.36. The zero-order valence-corrected chi connectivity index (χ0v) is 20.2. The lowest BCUT2D eigenvalue weighted by atomic mass is 9.99. The number of hydrogen-bond donors (Lipinski definition) is 3. The Labute approximate surface area is 213 Å². The van der Waals surface area contributed by atoms with E-state index in [9.17, 15) is 19.5 Å². The van der Waals surface area contributed by atoms with E-state index in [-0.39, 0.29) is 17.4 Å². The van der Waals surface area contributed by atoms with E-state index in [1.807, 2.05) is 37.4 Å². The maximum atomic E-state index is 13.1. The van der Waals surface area contributed by atoms with Crippen LogP contribution in [0.3, 0.4) is 0 Å².